The molecule has 1 amide bonds. The highest BCUT2D eigenvalue weighted by Crippen LogP contribution is 2.38. The topological polar surface area (TPSA) is 55.2 Å². The lowest BCUT2D eigenvalue weighted by molar-refractivity contribution is -0.160. The van der Waals surface area contributed by atoms with Crippen LogP contribution in [-0.4, -0.2) is 45.2 Å². The van der Waals surface area contributed by atoms with Gasteiger partial charge in [0, 0.05) is 32.5 Å². The van der Waals surface area contributed by atoms with Crippen LogP contribution in [-0.2, 0) is 11.8 Å². The number of rotatable bonds is 5. The molecule has 1 aromatic heterocycles. The fourth-order valence-corrected chi connectivity index (χ4v) is 3.33. The number of hydrogen-bond donors (Lipinski definition) is 0. The van der Waals surface area contributed by atoms with E-state index in [-0.39, 0.29) is 11.4 Å². The van der Waals surface area contributed by atoms with Gasteiger partial charge in [-0.3, -0.25) is 9.59 Å². The Balaban J connectivity index is 2.00. The molecule has 0 radical (unpaired) electrons. The molecule has 7 heteroatoms. The van der Waals surface area contributed by atoms with Gasteiger partial charge in [0.05, 0.1) is 0 Å². The van der Waals surface area contributed by atoms with Crippen molar-refractivity contribution in [3.05, 3.63) is 54.1 Å². The summed E-state index contributed by atoms with van der Waals surface area (Å²) in [5.74, 6) is -7.99. The average Bonchev–Trinajstić information content (AvgIpc) is 3.08. The first-order chi connectivity index (χ1) is 12.4. The van der Waals surface area contributed by atoms with E-state index in [0.29, 0.717) is 25.9 Å². The molecule has 1 fully saturated rings. The summed E-state index contributed by atoms with van der Waals surface area (Å²) in [6.07, 6.45) is 5.21. The van der Waals surface area contributed by atoms with Crippen LogP contribution in [0, 0.1) is 0 Å². The van der Waals surface area contributed by atoms with Crippen LogP contribution in [0.15, 0.2) is 42.7 Å². The Morgan fingerprint density at radius 3 is 2.35 bits per heavy atom. The van der Waals surface area contributed by atoms with Crippen LogP contribution in [0.3, 0.4) is 0 Å². The molecule has 1 saturated heterocycles. The lowest BCUT2D eigenvalue weighted by atomic mass is 9.87. The molecule has 2 aromatic rings. The molecule has 1 aliphatic heterocycles. The van der Waals surface area contributed by atoms with Crippen molar-refractivity contribution in [2.24, 2.45) is 7.05 Å². The number of hydrogen-bond acceptors (Lipinski definition) is 3. The molecule has 138 valence electrons. The summed E-state index contributed by atoms with van der Waals surface area (Å²) >= 11 is 0. The van der Waals surface area contributed by atoms with Gasteiger partial charge in [-0.1, -0.05) is 30.3 Å². The fraction of sp³-hybridized carbons (Fsp3) is 0.421. The molecule has 0 N–H and O–H groups in total. The van der Waals surface area contributed by atoms with E-state index in [1.54, 1.807) is 25.2 Å². The fourth-order valence-electron chi connectivity index (χ4n) is 3.33. The number of likely N-dealkylation sites (tertiary alicyclic amines) is 1. The third-order valence-corrected chi connectivity index (χ3v) is 4.73. The predicted molar refractivity (Wildman–Crippen MR) is 92.1 cm³/mol. The molecular weight excluding hydrogens is 340 g/mol. The van der Waals surface area contributed by atoms with Gasteiger partial charge in [0.25, 0.3) is 5.91 Å². The van der Waals surface area contributed by atoms with Crippen molar-refractivity contribution >= 4 is 11.7 Å². The first kappa shape index (κ1) is 18.2. The van der Waals surface area contributed by atoms with Crippen LogP contribution in [0.1, 0.15) is 41.4 Å². The number of aromatic nitrogens is 2. The largest absolute Gasteiger partial charge is 0.338 e. The lowest BCUT2D eigenvalue weighted by Gasteiger charge is -2.33. The number of piperidine rings is 1. The van der Waals surface area contributed by atoms with Crippen molar-refractivity contribution in [3.63, 3.8) is 0 Å². The number of Topliss-reactive ketones (excluding diaryl/α,β-unsaturated/α-hetero) is 1. The minimum Gasteiger partial charge on any atom is -0.337 e. The summed E-state index contributed by atoms with van der Waals surface area (Å²) in [5, 5.41) is 0. The number of carbonyl (C=O) groups is 2. The molecule has 5 nitrogen and oxygen atoms in total. The molecule has 2 heterocycles. The van der Waals surface area contributed by atoms with Gasteiger partial charge in [-0.2, -0.15) is 8.78 Å². The van der Waals surface area contributed by atoms with Crippen LogP contribution in [0.2, 0.25) is 0 Å². The van der Waals surface area contributed by atoms with Crippen molar-refractivity contribution in [2.45, 2.75) is 31.1 Å². The van der Waals surface area contributed by atoms with Gasteiger partial charge in [0.2, 0.25) is 5.78 Å². The number of alkyl halides is 2. The van der Waals surface area contributed by atoms with E-state index in [1.807, 2.05) is 0 Å². The Morgan fingerprint density at radius 2 is 1.77 bits per heavy atom. The average molecular weight is 361 g/mol. The molecule has 0 unspecified atom stereocenters. The zero-order valence-electron chi connectivity index (χ0n) is 14.6. The predicted octanol–water partition coefficient (Wildman–Crippen LogP) is 3.03. The van der Waals surface area contributed by atoms with E-state index < -0.39 is 23.5 Å². The Morgan fingerprint density at radius 1 is 1.12 bits per heavy atom. The van der Waals surface area contributed by atoms with Crippen molar-refractivity contribution in [1.82, 2.24) is 14.5 Å². The standard InChI is InChI=1S/C19H21F2N3O2/c1-23-13-10-22-17(23)16(25)15(14-8-4-2-5-9-14)19(20,21)18(26)24-11-6-3-7-12-24/h2,4-5,8-10,13,15H,3,6-7,11-12H2,1H3/t15-/m1/s1. The second-order valence-electron chi connectivity index (χ2n) is 6.55. The minimum atomic E-state index is -3.85. The van der Waals surface area contributed by atoms with E-state index in [0.717, 1.165) is 6.42 Å². The first-order valence-corrected chi connectivity index (χ1v) is 8.66. The summed E-state index contributed by atoms with van der Waals surface area (Å²) in [6, 6.07) is 7.73. The van der Waals surface area contributed by atoms with Gasteiger partial charge >= 0.3 is 5.92 Å². The lowest BCUT2D eigenvalue weighted by Crippen LogP contribution is -2.50. The first-order valence-electron chi connectivity index (χ1n) is 8.66. The number of carbonyl (C=O) groups excluding carboxylic acids is 2. The normalized spacial score (nSPS) is 16.3. The minimum absolute atomic E-state index is 0.0926. The second-order valence-corrected chi connectivity index (χ2v) is 6.55. The Hall–Kier alpha value is -2.57. The van der Waals surface area contributed by atoms with Crippen LogP contribution in [0.5, 0.6) is 0 Å². The van der Waals surface area contributed by atoms with E-state index >= 15 is 8.78 Å². The molecular formula is C19H21F2N3O2. The molecule has 0 saturated carbocycles. The summed E-state index contributed by atoms with van der Waals surface area (Å²) in [5.41, 5.74) is 0.107. The second kappa shape index (κ2) is 7.35. The summed E-state index contributed by atoms with van der Waals surface area (Å²) < 4.78 is 31.9. The maximum Gasteiger partial charge on any atom is 0.338 e. The Kier molecular flexibility index (Phi) is 5.15. The van der Waals surface area contributed by atoms with Crippen LogP contribution < -0.4 is 0 Å². The highest BCUT2D eigenvalue weighted by molar-refractivity contribution is 6.03. The van der Waals surface area contributed by atoms with E-state index in [4.69, 9.17) is 0 Å². The number of halogens is 2. The maximum absolute atomic E-state index is 15.3. The molecule has 0 bridgehead atoms. The highest BCUT2D eigenvalue weighted by Gasteiger charge is 2.54. The summed E-state index contributed by atoms with van der Waals surface area (Å²) in [6.45, 7) is 0.596. The third-order valence-electron chi connectivity index (χ3n) is 4.73. The number of imidazole rings is 1. The number of aryl methyl sites for hydroxylation is 1. The van der Waals surface area contributed by atoms with Crippen LogP contribution in [0.25, 0.3) is 0 Å². The maximum atomic E-state index is 15.3. The molecule has 3 rings (SSSR count). The van der Waals surface area contributed by atoms with E-state index in [2.05, 4.69) is 4.98 Å². The summed E-state index contributed by atoms with van der Waals surface area (Å²) in [7, 11) is 1.56. The van der Waals surface area contributed by atoms with Crippen LogP contribution in [0.4, 0.5) is 8.78 Å². The number of ketones is 1. The molecule has 1 aromatic carbocycles. The Bertz CT molecular complexity index is 783. The van der Waals surface area contributed by atoms with E-state index in [1.165, 1.54) is 34.0 Å². The zero-order valence-corrected chi connectivity index (χ0v) is 14.6. The van der Waals surface area contributed by atoms with Gasteiger partial charge in [-0.05, 0) is 24.8 Å². The number of amides is 1. The molecule has 26 heavy (non-hydrogen) atoms. The van der Waals surface area contributed by atoms with E-state index in [9.17, 15) is 9.59 Å². The van der Waals surface area contributed by atoms with Crippen molar-refractivity contribution in [3.8, 4) is 0 Å². The van der Waals surface area contributed by atoms with Crippen molar-refractivity contribution in [1.29, 1.82) is 0 Å². The number of nitrogens with zero attached hydrogens (tertiary/aromatic N) is 3. The molecule has 0 spiro atoms. The van der Waals surface area contributed by atoms with Crippen molar-refractivity contribution in [2.75, 3.05) is 13.1 Å². The van der Waals surface area contributed by atoms with Crippen molar-refractivity contribution < 1.29 is 18.4 Å². The van der Waals surface area contributed by atoms with Gasteiger partial charge in [-0.15, -0.1) is 0 Å². The smallest absolute Gasteiger partial charge is 0.337 e. The summed E-state index contributed by atoms with van der Waals surface area (Å²) in [4.78, 5) is 30.6. The highest BCUT2D eigenvalue weighted by atomic mass is 19.3. The Labute approximate surface area is 150 Å². The zero-order chi connectivity index (χ0) is 18.7. The SMILES string of the molecule is Cn1ccnc1C(=O)[C@@H](c1ccccc1)C(F)(F)C(=O)N1CCCCC1. The van der Waals surface area contributed by atoms with Gasteiger partial charge in [-0.25, -0.2) is 4.98 Å². The molecule has 1 atom stereocenters. The van der Waals surface area contributed by atoms with Gasteiger partial charge < -0.3 is 9.47 Å². The third kappa shape index (κ3) is 3.38. The number of benzene rings is 1. The molecule has 1 aliphatic rings. The van der Waals surface area contributed by atoms with Gasteiger partial charge in [0.15, 0.2) is 5.82 Å². The molecule has 0 aliphatic carbocycles. The quantitative estimate of drug-likeness (QED) is 0.769. The van der Waals surface area contributed by atoms with Crippen LogP contribution >= 0.6 is 0 Å². The van der Waals surface area contributed by atoms with Gasteiger partial charge in [0.1, 0.15) is 5.92 Å². The monoisotopic (exact) mass is 361 g/mol.